The molecule has 2 heterocycles. The zero-order valence-electron chi connectivity index (χ0n) is 14.6. The number of nitrogens with zero attached hydrogens (tertiary/aromatic N) is 4. The number of nitrogens with one attached hydrogen (secondary N) is 1. The van der Waals surface area contributed by atoms with E-state index in [0.717, 1.165) is 23.2 Å². The van der Waals surface area contributed by atoms with Gasteiger partial charge in [0.25, 0.3) is 0 Å². The second-order valence-electron chi connectivity index (χ2n) is 6.24. The molecule has 0 bridgehead atoms. The molecule has 1 saturated heterocycles. The van der Waals surface area contributed by atoms with E-state index in [1.54, 1.807) is 16.8 Å². The molecule has 3 rings (SSSR count). The van der Waals surface area contributed by atoms with Gasteiger partial charge in [0.15, 0.2) is 0 Å². The van der Waals surface area contributed by atoms with E-state index in [-0.39, 0.29) is 18.4 Å². The van der Waals surface area contributed by atoms with Gasteiger partial charge in [-0.25, -0.2) is 0 Å². The van der Waals surface area contributed by atoms with Crippen LogP contribution in [0.4, 0.5) is 16.0 Å². The Morgan fingerprint density at radius 1 is 1.36 bits per heavy atom. The normalized spacial score (nSPS) is 14.0. The van der Waals surface area contributed by atoms with Gasteiger partial charge in [-0.2, -0.15) is 0 Å². The van der Waals surface area contributed by atoms with Crippen LogP contribution in [-0.4, -0.2) is 42.1 Å². The monoisotopic (exact) mass is 359 g/mol. The second-order valence-corrected chi connectivity index (χ2v) is 7.17. The Hall–Kier alpha value is -2.48. The molecule has 132 valence electrons. The van der Waals surface area contributed by atoms with Gasteiger partial charge in [-0.15, -0.1) is 10.2 Å². The first kappa shape index (κ1) is 17.3. The second kappa shape index (κ2) is 7.18. The fourth-order valence-electron chi connectivity index (χ4n) is 2.67. The van der Waals surface area contributed by atoms with Gasteiger partial charge >= 0.3 is 0 Å². The molecule has 2 amide bonds. The van der Waals surface area contributed by atoms with Crippen molar-refractivity contribution in [3.8, 4) is 0 Å². The summed E-state index contributed by atoms with van der Waals surface area (Å²) in [6, 6.07) is 5.95. The number of aromatic nitrogens is 2. The van der Waals surface area contributed by atoms with E-state index in [2.05, 4.69) is 15.5 Å². The Morgan fingerprint density at radius 3 is 2.88 bits per heavy atom. The summed E-state index contributed by atoms with van der Waals surface area (Å²) < 4.78 is 0. The topological polar surface area (TPSA) is 78.4 Å². The number of benzene rings is 1. The van der Waals surface area contributed by atoms with Gasteiger partial charge in [-0.1, -0.05) is 23.5 Å². The minimum Gasteiger partial charge on any atom is -0.340 e. The van der Waals surface area contributed by atoms with Crippen molar-refractivity contribution < 1.29 is 9.59 Å². The largest absolute Gasteiger partial charge is 0.340 e. The molecular weight excluding hydrogens is 338 g/mol. The third kappa shape index (κ3) is 3.96. The van der Waals surface area contributed by atoms with E-state index in [9.17, 15) is 9.59 Å². The number of carbonyl (C=O) groups excluding carboxylic acids is 2. The molecule has 0 spiro atoms. The van der Waals surface area contributed by atoms with Crippen LogP contribution < -0.4 is 15.1 Å². The minimum absolute atomic E-state index is 0.0815. The van der Waals surface area contributed by atoms with Crippen LogP contribution in [0.25, 0.3) is 0 Å². The lowest BCUT2D eigenvalue weighted by atomic mass is 10.1. The number of aryl methyl sites for hydroxylation is 2. The van der Waals surface area contributed by atoms with Crippen LogP contribution in [0.2, 0.25) is 0 Å². The molecule has 1 aliphatic rings. The predicted octanol–water partition coefficient (Wildman–Crippen LogP) is 2.36. The van der Waals surface area contributed by atoms with Crippen molar-refractivity contribution in [2.45, 2.75) is 26.7 Å². The van der Waals surface area contributed by atoms with Crippen LogP contribution in [-0.2, 0) is 9.59 Å². The average Bonchev–Trinajstić information content (AvgIpc) is 3.19. The molecular formula is C17H21N5O2S. The maximum Gasteiger partial charge on any atom is 0.243 e. The molecule has 0 atom stereocenters. The number of hydrogen-bond donors (Lipinski definition) is 1. The number of rotatable bonds is 5. The highest BCUT2D eigenvalue weighted by Crippen LogP contribution is 2.29. The highest BCUT2D eigenvalue weighted by atomic mass is 32.1. The van der Waals surface area contributed by atoms with Crippen LogP contribution in [0.1, 0.15) is 24.0 Å². The predicted molar refractivity (Wildman–Crippen MR) is 99.3 cm³/mol. The average molecular weight is 359 g/mol. The van der Waals surface area contributed by atoms with Crippen LogP contribution in [0.3, 0.4) is 0 Å². The van der Waals surface area contributed by atoms with E-state index in [1.165, 1.54) is 11.3 Å². The number of hydrogen-bond acceptors (Lipinski definition) is 6. The van der Waals surface area contributed by atoms with E-state index < -0.39 is 0 Å². The summed E-state index contributed by atoms with van der Waals surface area (Å²) in [5.74, 6) is -0.0387. The third-order valence-corrected chi connectivity index (χ3v) is 5.14. The van der Waals surface area contributed by atoms with Crippen molar-refractivity contribution in [3.63, 3.8) is 0 Å². The molecule has 1 aromatic carbocycles. The number of anilines is 3. The Kier molecular flexibility index (Phi) is 4.98. The highest BCUT2D eigenvalue weighted by Gasteiger charge is 2.25. The maximum absolute atomic E-state index is 12.3. The van der Waals surface area contributed by atoms with Crippen molar-refractivity contribution >= 4 is 39.1 Å². The van der Waals surface area contributed by atoms with Gasteiger partial charge in [0.05, 0.1) is 6.54 Å². The lowest BCUT2D eigenvalue weighted by molar-refractivity contribution is -0.117. The molecule has 25 heavy (non-hydrogen) atoms. The molecule has 1 fully saturated rings. The summed E-state index contributed by atoms with van der Waals surface area (Å²) in [7, 11) is 1.79. The van der Waals surface area contributed by atoms with E-state index in [0.29, 0.717) is 23.2 Å². The Morgan fingerprint density at radius 2 is 2.16 bits per heavy atom. The molecule has 2 aromatic rings. The molecule has 1 N–H and O–H groups in total. The van der Waals surface area contributed by atoms with Crippen molar-refractivity contribution in [2.24, 2.45) is 0 Å². The van der Waals surface area contributed by atoms with Crippen molar-refractivity contribution in [1.29, 1.82) is 0 Å². The van der Waals surface area contributed by atoms with Gasteiger partial charge in [0.2, 0.25) is 22.1 Å². The van der Waals surface area contributed by atoms with Crippen molar-refractivity contribution in [3.05, 3.63) is 29.3 Å². The van der Waals surface area contributed by atoms with E-state index in [1.807, 2.05) is 32.0 Å². The summed E-state index contributed by atoms with van der Waals surface area (Å²) in [5.41, 5.74) is 2.93. The Bertz CT molecular complexity index is 804. The lowest BCUT2D eigenvalue weighted by Crippen LogP contribution is -2.30. The van der Waals surface area contributed by atoms with Crippen molar-refractivity contribution in [1.82, 2.24) is 10.2 Å². The molecule has 7 nitrogen and oxygen atoms in total. The lowest BCUT2D eigenvalue weighted by Gasteiger charge is -2.16. The molecule has 8 heteroatoms. The molecule has 0 aliphatic carbocycles. The molecule has 1 aromatic heterocycles. The molecule has 1 aliphatic heterocycles. The fraction of sp³-hybridized carbons (Fsp3) is 0.412. The highest BCUT2D eigenvalue weighted by molar-refractivity contribution is 7.19. The first-order chi connectivity index (χ1) is 11.9. The third-order valence-electron chi connectivity index (χ3n) is 4.08. The maximum atomic E-state index is 12.3. The fourth-order valence-corrected chi connectivity index (χ4v) is 3.52. The van der Waals surface area contributed by atoms with Gasteiger partial charge in [-0.05, 0) is 37.5 Å². The van der Waals surface area contributed by atoms with Crippen LogP contribution >= 0.6 is 11.3 Å². The quantitative estimate of drug-likeness (QED) is 0.887. The van der Waals surface area contributed by atoms with Crippen molar-refractivity contribution in [2.75, 3.05) is 35.3 Å². The summed E-state index contributed by atoms with van der Waals surface area (Å²) in [5, 5.41) is 12.3. The summed E-state index contributed by atoms with van der Waals surface area (Å²) in [6.07, 6.45) is 1.41. The Balaban J connectivity index is 1.63. The Labute approximate surface area is 150 Å². The first-order valence-electron chi connectivity index (χ1n) is 8.16. The van der Waals surface area contributed by atoms with Gasteiger partial charge < -0.3 is 10.2 Å². The smallest absolute Gasteiger partial charge is 0.243 e. The number of amides is 2. The summed E-state index contributed by atoms with van der Waals surface area (Å²) in [6.45, 7) is 4.80. The van der Waals surface area contributed by atoms with Crippen LogP contribution in [0.5, 0.6) is 0 Å². The molecule has 0 radical (unpaired) electrons. The van der Waals surface area contributed by atoms with Gasteiger partial charge in [-0.3, -0.25) is 14.5 Å². The minimum atomic E-state index is -0.120. The number of likely N-dealkylation sites (N-methyl/N-ethyl adjacent to an activating group) is 1. The SMILES string of the molecule is Cc1ccc(C)c(NC(=O)CN(C)c2nnc(N3CCCC3=O)s2)c1. The summed E-state index contributed by atoms with van der Waals surface area (Å²) >= 11 is 1.32. The molecule has 0 saturated carbocycles. The van der Waals surface area contributed by atoms with Gasteiger partial charge in [0, 0.05) is 25.7 Å². The standard InChI is InChI=1S/C17H21N5O2S/c1-11-6-7-12(2)13(9-11)18-14(23)10-21(3)16-19-20-17(25-16)22-8-4-5-15(22)24/h6-7,9H,4-5,8,10H2,1-3H3,(H,18,23). The molecule has 0 unspecified atom stereocenters. The first-order valence-corrected chi connectivity index (χ1v) is 8.98. The summed E-state index contributed by atoms with van der Waals surface area (Å²) in [4.78, 5) is 27.5. The zero-order valence-corrected chi connectivity index (χ0v) is 15.4. The van der Waals surface area contributed by atoms with Crippen LogP contribution in [0, 0.1) is 13.8 Å². The van der Waals surface area contributed by atoms with Gasteiger partial charge in [0.1, 0.15) is 0 Å². The zero-order chi connectivity index (χ0) is 18.0. The van der Waals surface area contributed by atoms with Crippen LogP contribution in [0.15, 0.2) is 18.2 Å². The number of carbonyl (C=O) groups is 2. The van der Waals surface area contributed by atoms with E-state index >= 15 is 0 Å². The van der Waals surface area contributed by atoms with E-state index in [4.69, 9.17) is 0 Å².